The van der Waals surface area contributed by atoms with Crippen LogP contribution in [0.1, 0.15) is 11.6 Å². The maximum absolute atomic E-state index is 9.66. The molecule has 1 aromatic carbocycles. The highest BCUT2D eigenvalue weighted by atomic mass is 35.5. The Kier molecular flexibility index (Phi) is 4.67. The van der Waals surface area contributed by atoms with Gasteiger partial charge in [0.2, 0.25) is 0 Å². The first-order valence-electron chi connectivity index (χ1n) is 4.70. The summed E-state index contributed by atoms with van der Waals surface area (Å²) in [5.41, 5.74) is 0.865. The second-order valence-electron chi connectivity index (χ2n) is 3.41. The number of halogens is 2. The van der Waals surface area contributed by atoms with Crippen LogP contribution in [0.4, 0.5) is 0 Å². The van der Waals surface area contributed by atoms with Crippen LogP contribution in [0, 0.1) is 0 Å². The molecular formula is C10H14Cl2N2O. The SMILES string of the molecule is Cl.Oc1ccc(Cl)cc1[C@H]1CNCCN1. The Hall–Kier alpha value is -0.480. The van der Waals surface area contributed by atoms with E-state index < -0.39 is 0 Å². The maximum atomic E-state index is 9.66. The zero-order chi connectivity index (χ0) is 9.97. The van der Waals surface area contributed by atoms with Crippen LogP contribution in [0.3, 0.4) is 0 Å². The van der Waals surface area contributed by atoms with Crippen molar-refractivity contribution in [1.29, 1.82) is 0 Å². The fraction of sp³-hybridized carbons (Fsp3) is 0.400. The van der Waals surface area contributed by atoms with E-state index in [1.807, 2.05) is 6.07 Å². The van der Waals surface area contributed by atoms with Crippen molar-refractivity contribution in [1.82, 2.24) is 10.6 Å². The van der Waals surface area contributed by atoms with E-state index in [9.17, 15) is 5.11 Å². The molecule has 1 aliphatic rings. The van der Waals surface area contributed by atoms with Crippen LogP contribution in [0.5, 0.6) is 5.75 Å². The van der Waals surface area contributed by atoms with Crippen LogP contribution >= 0.6 is 24.0 Å². The standard InChI is InChI=1S/C10H13ClN2O.ClH/c11-7-1-2-10(14)8(5-7)9-6-12-3-4-13-9;/h1-2,5,9,12-14H,3-4,6H2;1H/t9-;/m1./s1. The van der Waals surface area contributed by atoms with Crippen molar-refractivity contribution in [2.75, 3.05) is 19.6 Å². The predicted octanol–water partition coefficient (Wildman–Crippen LogP) is 1.70. The summed E-state index contributed by atoms with van der Waals surface area (Å²) in [6.45, 7) is 2.71. The van der Waals surface area contributed by atoms with Crippen LogP contribution in [-0.4, -0.2) is 24.7 Å². The predicted molar refractivity (Wildman–Crippen MR) is 64.0 cm³/mol. The minimum Gasteiger partial charge on any atom is -0.508 e. The number of piperazine rings is 1. The van der Waals surface area contributed by atoms with Gasteiger partial charge in [0.15, 0.2) is 0 Å². The average molecular weight is 249 g/mol. The summed E-state index contributed by atoms with van der Waals surface area (Å²) in [6.07, 6.45) is 0. The van der Waals surface area contributed by atoms with E-state index in [1.165, 1.54) is 0 Å². The van der Waals surface area contributed by atoms with Crippen molar-refractivity contribution in [2.24, 2.45) is 0 Å². The average Bonchev–Trinajstić information content (AvgIpc) is 2.23. The van der Waals surface area contributed by atoms with Gasteiger partial charge in [0.05, 0.1) is 0 Å². The highest BCUT2D eigenvalue weighted by molar-refractivity contribution is 6.30. The summed E-state index contributed by atoms with van der Waals surface area (Å²) in [6, 6.07) is 5.29. The first-order valence-corrected chi connectivity index (χ1v) is 5.07. The van der Waals surface area contributed by atoms with Crippen molar-refractivity contribution < 1.29 is 5.11 Å². The molecule has 1 heterocycles. The third-order valence-corrected chi connectivity index (χ3v) is 2.64. The first-order chi connectivity index (χ1) is 6.77. The molecule has 15 heavy (non-hydrogen) atoms. The van der Waals surface area contributed by atoms with E-state index >= 15 is 0 Å². The number of phenolic OH excluding ortho intramolecular Hbond substituents is 1. The Labute approximate surface area is 100 Å². The molecule has 3 N–H and O–H groups in total. The third-order valence-electron chi connectivity index (χ3n) is 2.41. The highest BCUT2D eigenvalue weighted by Crippen LogP contribution is 2.27. The third kappa shape index (κ3) is 2.98. The molecule has 1 atom stereocenters. The fourth-order valence-corrected chi connectivity index (χ4v) is 1.86. The lowest BCUT2D eigenvalue weighted by atomic mass is 10.0. The van der Waals surface area contributed by atoms with Gasteiger partial charge in [-0.2, -0.15) is 0 Å². The van der Waals surface area contributed by atoms with Crippen molar-refractivity contribution >= 4 is 24.0 Å². The molecule has 1 aliphatic heterocycles. The Morgan fingerprint density at radius 1 is 1.33 bits per heavy atom. The van der Waals surface area contributed by atoms with Gasteiger partial charge in [-0.25, -0.2) is 0 Å². The molecule has 0 saturated carbocycles. The number of aromatic hydroxyl groups is 1. The van der Waals surface area contributed by atoms with E-state index in [4.69, 9.17) is 11.6 Å². The van der Waals surface area contributed by atoms with Crippen LogP contribution in [0.15, 0.2) is 18.2 Å². The fourth-order valence-electron chi connectivity index (χ4n) is 1.68. The molecule has 0 aliphatic carbocycles. The summed E-state index contributed by atoms with van der Waals surface area (Å²) >= 11 is 5.88. The molecule has 84 valence electrons. The minimum atomic E-state index is 0. The zero-order valence-corrected chi connectivity index (χ0v) is 9.74. The van der Waals surface area contributed by atoms with Gasteiger partial charge >= 0.3 is 0 Å². The Morgan fingerprint density at radius 2 is 2.13 bits per heavy atom. The van der Waals surface area contributed by atoms with Gasteiger partial charge in [-0.15, -0.1) is 12.4 Å². The van der Waals surface area contributed by atoms with Crippen molar-refractivity contribution in [2.45, 2.75) is 6.04 Å². The van der Waals surface area contributed by atoms with Crippen LogP contribution in [0.2, 0.25) is 5.02 Å². The van der Waals surface area contributed by atoms with Crippen LogP contribution in [0.25, 0.3) is 0 Å². The highest BCUT2D eigenvalue weighted by Gasteiger charge is 2.17. The zero-order valence-electron chi connectivity index (χ0n) is 8.16. The number of benzene rings is 1. The largest absolute Gasteiger partial charge is 0.508 e. The lowest BCUT2D eigenvalue weighted by molar-refractivity contribution is 0.404. The van der Waals surface area contributed by atoms with Gasteiger partial charge in [-0.1, -0.05) is 11.6 Å². The summed E-state index contributed by atoms with van der Waals surface area (Å²) in [7, 11) is 0. The molecule has 1 saturated heterocycles. The number of hydrogen-bond donors (Lipinski definition) is 3. The molecule has 1 aromatic rings. The van der Waals surface area contributed by atoms with Gasteiger partial charge in [0.25, 0.3) is 0 Å². The van der Waals surface area contributed by atoms with E-state index in [-0.39, 0.29) is 18.4 Å². The van der Waals surface area contributed by atoms with E-state index in [1.54, 1.807) is 12.1 Å². The monoisotopic (exact) mass is 248 g/mol. The van der Waals surface area contributed by atoms with E-state index in [0.29, 0.717) is 10.8 Å². The molecule has 1 fully saturated rings. The molecule has 0 spiro atoms. The quantitative estimate of drug-likeness (QED) is 0.709. The molecule has 0 radical (unpaired) electrons. The maximum Gasteiger partial charge on any atom is 0.120 e. The van der Waals surface area contributed by atoms with Crippen LogP contribution < -0.4 is 10.6 Å². The Bertz CT molecular complexity index is 327. The molecule has 0 bridgehead atoms. The smallest absolute Gasteiger partial charge is 0.120 e. The van der Waals surface area contributed by atoms with Gasteiger partial charge in [-0.05, 0) is 18.2 Å². The topological polar surface area (TPSA) is 44.3 Å². The van der Waals surface area contributed by atoms with Gasteiger partial charge in [0.1, 0.15) is 5.75 Å². The summed E-state index contributed by atoms with van der Waals surface area (Å²) < 4.78 is 0. The summed E-state index contributed by atoms with van der Waals surface area (Å²) in [5, 5.41) is 16.9. The lowest BCUT2D eigenvalue weighted by Gasteiger charge is -2.25. The molecule has 0 amide bonds. The Morgan fingerprint density at radius 3 is 2.80 bits per heavy atom. The molecule has 0 unspecified atom stereocenters. The van der Waals surface area contributed by atoms with Crippen molar-refractivity contribution in [3.8, 4) is 5.75 Å². The van der Waals surface area contributed by atoms with Gasteiger partial charge in [-0.3, -0.25) is 0 Å². The lowest BCUT2D eigenvalue weighted by Crippen LogP contribution is -2.42. The number of rotatable bonds is 1. The second-order valence-corrected chi connectivity index (χ2v) is 3.85. The number of nitrogens with one attached hydrogen (secondary N) is 2. The first kappa shape index (κ1) is 12.6. The summed E-state index contributed by atoms with van der Waals surface area (Å²) in [5.74, 6) is 0.301. The number of hydrogen-bond acceptors (Lipinski definition) is 3. The Balaban J connectivity index is 0.00000112. The van der Waals surface area contributed by atoms with E-state index in [0.717, 1.165) is 25.2 Å². The molecule has 3 nitrogen and oxygen atoms in total. The van der Waals surface area contributed by atoms with Gasteiger partial charge < -0.3 is 15.7 Å². The molecule has 2 rings (SSSR count). The van der Waals surface area contributed by atoms with Crippen molar-refractivity contribution in [3.63, 3.8) is 0 Å². The second kappa shape index (κ2) is 5.56. The molecular weight excluding hydrogens is 235 g/mol. The van der Waals surface area contributed by atoms with E-state index in [2.05, 4.69) is 10.6 Å². The summed E-state index contributed by atoms with van der Waals surface area (Å²) in [4.78, 5) is 0. The van der Waals surface area contributed by atoms with Gasteiger partial charge in [0, 0.05) is 36.3 Å². The van der Waals surface area contributed by atoms with Crippen molar-refractivity contribution in [3.05, 3.63) is 28.8 Å². The normalized spacial score (nSPS) is 20.7. The minimum absolute atomic E-state index is 0. The number of phenols is 1. The van der Waals surface area contributed by atoms with Crippen LogP contribution in [-0.2, 0) is 0 Å². The molecule has 5 heteroatoms. The molecule has 0 aromatic heterocycles.